The quantitative estimate of drug-likeness (QED) is 0.797. The summed E-state index contributed by atoms with van der Waals surface area (Å²) in [4.78, 5) is 20.3. The maximum absolute atomic E-state index is 11.3. The van der Waals surface area contributed by atoms with E-state index in [1.807, 2.05) is 11.4 Å². The Balaban J connectivity index is 2.05. The molecule has 0 radical (unpaired) electrons. The molecule has 0 aliphatic rings. The second-order valence-electron chi connectivity index (χ2n) is 4.09. The van der Waals surface area contributed by atoms with Gasteiger partial charge >= 0.3 is 5.97 Å². The maximum atomic E-state index is 11.3. The molecule has 3 rings (SSSR count). The second-order valence-corrected chi connectivity index (χ2v) is 4.98. The Labute approximate surface area is 123 Å². The molecular weight excluding hydrogens is 292 g/mol. The molecule has 1 N–H and O–H groups in total. The summed E-state index contributed by atoms with van der Waals surface area (Å²) in [6.45, 7) is 0. The number of benzene rings is 1. The number of aromatic carboxylic acids is 1. The zero-order valence-electron chi connectivity index (χ0n) is 10.9. The molecule has 6 nitrogen and oxygen atoms in total. The van der Waals surface area contributed by atoms with Crippen LogP contribution in [-0.4, -0.2) is 28.2 Å². The molecule has 21 heavy (non-hydrogen) atoms. The van der Waals surface area contributed by atoms with Crippen molar-refractivity contribution in [3.8, 4) is 17.4 Å². The van der Waals surface area contributed by atoms with Gasteiger partial charge in [-0.05, 0) is 29.6 Å². The summed E-state index contributed by atoms with van der Waals surface area (Å²) in [5.41, 5.74) is 0.0105. The highest BCUT2D eigenvalue weighted by Gasteiger charge is 2.15. The molecule has 2 aromatic heterocycles. The van der Waals surface area contributed by atoms with E-state index in [1.165, 1.54) is 30.8 Å². The minimum atomic E-state index is -1.10. The molecule has 0 amide bonds. The summed E-state index contributed by atoms with van der Waals surface area (Å²) in [5, 5.41) is 11.9. The van der Waals surface area contributed by atoms with Crippen LogP contribution >= 0.6 is 11.3 Å². The SMILES string of the molecule is COc1ccc(Oc2ncnc3sccc23)c(C(=O)O)c1. The lowest BCUT2D eigenvalue weighted by atomic mass is 10.2. The van der Waals surface area contributed by atoms with Crippen molar-refractivity contribution in [2.45, 2.75) is 0 Å². The van der Waals surface area contributed by atoms with E-state index in [1.54, 1.807) is 12.1 Å². The summed E-state index contributed by atoms with van der Waals surface area (Å²) in [7, 11) is 1.47. The number of thiophene rings is 1. The van der Waals surface area contributed by atoms with Gasteiger partial charge < -0.3 is 14.6 Å². The van der Waals surface area contributed by atoms with Gasteiger partial charge in [-0.2, -0.15) is 0 Å². The highest BCUT2D eigenvalue weighted by Crippen LogP contribution is 2.32. The van der Waals surface area contributed by atoms with Crippen LogP contribution in [-0.2, 0) is 0 Å². The van der Waals surface area contributed by atoms with Crippen molar-refractivity contribution in [3.05, 3.63) is 41.5 Å². The molecule has 106 valence electrons. The number of hydrogen-bond acceptors (Lipinski definition) is 6. The molecule has 1 aromatic carbocycles. The standard InChI is InChI=1S/C14H10N2O4S/c1-19-8-2-3-11(10(6-8)14(17)18)20-12-9-4-5-21-13(9)16-7-15-12/h2-7H,1H3,(H,17,18). The lowest BCUT2D eigenvalue weighted by Crippen LogP contribution is -2.01. The van der Waals surface area contributed by atoms with Crippen molar-refractivity contribution in [2.24, 2.45) is 0 Å². The van der Waals surface area contributed by atoms with Crippen LogP contribution in [0.4, 0.5) is 0 Å². The number of rotatable bonds is 4. The van der Waals surface area contributed by atoms with Crippen molar-refractivity contribution in [1.29, 1.82) is 0 Å². The zero-order chi connectivity index (χ0) is 14.8. The predicted molar refractivity (Wildman–Crippen MR) is 77.4 cm³/mol. The summed E-state index contributed by atoms with van der Waals surface area (Å²) < 4.78 is 10.7. The molecule has 0 atom stereocenters. The molecule has 3 aromatic rings. The van der Waals surface area contributed by atoms with Crippen molar-refractivity contribution in [3.63, 3.8) is 0 Å². The first-order valence-electron chi connectivity index (χ1n) is 5.96. The van der Waals surface area contributed by atoms with E-state index in [9.17, 15) is 9.90 Å². The normalized spacial score (nSPS) is 10.5. The number of methoxy groups -OCH3 is 1. The van der Waals surface area contributed by atoms with Crippen molar-refractivity contribution >= 4 is 27.5 Å². The Morgan fingerprint density at radius 3 is 2.90 bits per heavy atom. The van der Waals surface area contributed by atoms with Crippen LogP contribution in [0, 0.1) is 0 Å². The number of nitrogens with zero attached hydrogens (tertiary/aromatic N) is 2. The van der Waals surface area contributed by atoms with E-state index in [0.717, 1.165) is 10.2 Å². The van der Waals surface area contributed by atoms with E-state index in [0.29, 0.717) is 11.6 Å². The third-order valence-electron chi connectivity index (χ3n) is 2.85. The van der Waals surface area contributed by atoms with Crippen molar-refractivity contribution in [2.75, 3.05) is 7.11 Å². The topological polar surface area (TPSA) is 81.5 Å². The number of aromatic nitrogens is 2. The van der Waals surface area contributed by atoms with E-state index >= 15 is 0 Å². The highest BCUT2D eigenvalue weighted by atomic mass is 32.1. The van der Waals surface area contributed by atoms with Crippen LogP contribution in [0.2, 0.25) is 0 Å². The van der Waals surface area contributed by atoms with Crippen molar-refractivity contribution < 1.29 is 19.4 Å². The first-order chi connectivity index (χ1) is 10.2. The van der Waals surface area contributed by atoms with Crippen LogP contribution in [0.1, 0.15) is 10.4 Å². The minimum absolute atomic E-state index is 0.0105. The third-order valence-corrected chi connectivity index (χ3v) is 3.67. The Morgan fingerprint density at radius 2 is 2.14 bits per heavy atom. The molecule has 0 bridgehead atoms. The maximum Gasteiger partial charge on any atom is 0.339 e. The summed E-state index contributed by atoms with van der Waals surface area (Å²) in [6, 6.07) is 6.42. The van der Waals surface area contributed by atoms with Gasteiger partial charge in [0.15, 0.2) is 0 Å². The van der Waals surface area contributed by atoms with Crippen LogP contribution < -0.4 is 9.47 Å². The summed E-state index contributed by atoms with van der Waals surface area (Å²) in [6.07, 6.45) is 1.39. The monoisotopic (exact) mass is 302 g/mol. The molecule has 2 heterocycles. The molecule has 0 aliphatic carbocycles. The molecule has 0 saturated carbocycles. The number of carboxylic acids is 1. The summed E-state index contributed by atoms with van der Waals surface area (Å²) in [5.74, 6) is -0.119. The Kier molecular flexibility index (Phi) is 3.41. The fraction of sp³-hybridized carbons (Fsp3) is 0.0714. The van der Waals surface area contributed by atoms with Gasteiger partial charge in [0.05, 0.1) is 12.5 Å². The van der Waals surface area contributed by atoms with Crippen LogP contribution in [0.15, 0.2) is 36.0 Å². The fourth-order valence-electron chi connectivity index (χ4n) is 1.84. The zero-order valence-corrected chi connectivity index (χ0v) is 11.8. The molecule has 0 spiro atoms. The van der Waals surface area contributed by atoms with Crippen LogP contribution in [0.5, 0.6) is 17.4 Å². The Hall–Kier alpha value is -2.67. The van der Waals surface area contributed by atoms with Gasteiger partial charge in [0, 0.05) is 0 Å². The largest absolute Gasteiger partial charge is 0.497 e. The molecule has 0 aliphatic heterocycles. The lowest BCUT2D eigenvalue weighted by Gasteiger charge is -2.09. The number of ether oxygens (including phenoxy) is 2. The molecular formula is C14H10N2O4S. The lowest BCUT2D eigenvalue weighted by molar-refractivity contribution is 0.0693. The van der Waals surface area contributed by atoms with Gasteiger partial charge in [0.1, 0.15) is 28.2 Å². The average Bonchev–Trinajstić information content (AvgIpc) is 2.97. The molecule has 0 unspecified atom stereocenters. The predicted octanol–water partition coefficient (Wildman–Crippen LogP) is 3.19. The minimum Gasteiger partial charge on any atom is -0.497 e. The molecule has 0 fully saturated rings. The Morgan fingerprint density at radius 1 is 1.29 bits per heavy atom. The second kappa shape index (κ2) is 5.37. The smallest absolute Gasteiger partial charge is 0.339 e. The average molecular weight is 302 g/mol. The molecule has 7 heteroatoms. The number of hydrogen-bond donors (Lipinski definition) is 1. The van der Waals surface area contributed by atoms with Gasteiger partial charge in [-0.25, -0.2) is 14.8 Å². The highest BCUT2D eigenvalue weighted by molar-refractivity contribution is 7.16. The van der Waals surface area contributed by atoms with E-state index in [-0.39, 0.29) is 11.3 Å². The number of fused-ring (bicyclic) bond motifs is 1. The van der Waals surface area contributed by atoms with Gasteiger partial charge in [0.25, 0.3) is 0 Å². The van der Waals surface area contributed by atoms with Gasteiger partial charge in [-0.3, -0.25) is 0 Å². The summed E-state index contributed by atoms with van der Waals surface area (Å²) >= 11 is 1.46. The van der Waals surface area contributed by atoms with Gasteiger partial charge in [0.2, 0.25) is 5.88 Å². The first kappa shape index (κ1) is 13.3. The van der Waals surface area contributed by atoms with E-state index in [2.05, 4.69) is 9.97 Å². The van der Waals surface area contributed by atoms with Crippen molar-refractivity contribution in [1.82, 2.24) is 9.97 Å². The Bertz CT molecular complexity index is 816. The van der Waals surface area contributed by atoms with Gasteiger partial charge in [-0.1, -0.05) is 0 Å². The number of carbonyl (C=O) groups is 1. The third kappa shape index (κ3) is 2.50. The van der Waals surface area contributed by atoms with E-state index in [4.69, 9.17) is 9.47 Å². The van der Waals surface area contributed by atoms with E-state index < -0.39 is 5.97 Å². The fourth-order valence-corrected chi connectivity index (χ4v) is 2.57. The van der Waals surface area contributed by atoms with Crippen LogP contribution in [0.25, 0.3) is 10.2 Å². The van der Waals surface area contributed by atoms with Gasteiger partial charge in [-0.15, -0.1) is 11.3 Å². The molecule has 0 saturated heterocycles. The first-order valence-corrected chi connectivity index (χ1v) is 6.84. The van der Waals surface area contributed by atoms with Crippen LogP contribution in [0.3, 0.4) is 0 Å². The number of carboxylic acid groups (broad SMARTS) is 1.